The number of benzene rings is 1. The van der Waals surface area contributed by atoms with Gasteiger partial charge in [-0.25, -0.2) is 0 Å². The number of ether oxygens (including phenoxy) is 1. The number of carbonyl (C=O) groups excluding carboxylic acids is 1. The van der Waals surface area contributed by atoms with Gasteiger partial charge in [0.15, 0.2) is 5.69 Å². The second-order valence-electron chi connectivity index (χ2n) is 5.39. The van der Waals surface area contributed by atoms with Crippen molar-refractivity contribution < 1.29 is 9.53 Å². The lowest BCUT2D eigenvalue weighted by molar-refractivity contribution is 0.0458. The summed E-state index contributed by atoms with van der Waals surface area (Å²) in [6, 6.07) is 9.63. The second kappa shape index (κ2) is 6.70. The Labute approximate surface area is 129 Å². The van der Waals surface area contributed by atoms with Crippen LogP contribution >= 0.6 is 0 Å². The SMILES string of the molecule is CCC1CN(C(=O)c2n[nH]nc2-c2ccccc2)CCCO1. The first-order chi connectivity index (χ1) is 10.8. The molecular formula is C16H20N4O2. The number of rotatable bonds is 3. The van der Waals surface area contributed by atoms with Crippen LogP contribution in [0.1, 0.15) is 30.3 Å². The molecule has 2 heterocycles. The van der Waals surface area contributed by atoms with Crippen LogP contribution in [0.3, 0.4) is 0 Å². The smallest absolute Gasteiger partial charge is 0.276 e. The molecule has 0 radical (unpaired) electrons. The van der Waals surface area contributed by atoms with Crippen LogP contribution in [0.15, 0.2) is 30.3 Å². The van der Waals surface area contributed by atoms with Crippen LogP contribution in [0, 0.1) is 0 Å². The quantitative estimate of drug-likeness (QED) is 0.942. The van der Waals surface area contributed by atoms with Gasteiger partial charge in [-0.15, -0.1) is 0 Å². The summed E-state index contributed by atoms with van der Waals surface area (Å²) in [7, 11) is 0. The van der Waals surface area contributed by atoms with E-state index in [1.807, 2.05) is 35.2 Å². The Kier molecular flexibility index (Phi) is 4.48. The van der Waals surface area contributed by atoms with Crippen molar-refractivity contribution in [2.45, 2.75) is 25.9 Å². The third kappa shape index (κ3) is 3.01. The van der Waals surface area contributed by atoms with E-state index in [1.165, 1.54) is 0 Å². The highest BCUT2D eigenvalue weighted by Crippen LogP contribution is 2.21. The Balaban J connectivity index is 1.85. The van der Waals surface area contributed by atoms with Crippen LogP contribution in [0.4, 0.5) is 0 Å². The van der Waals surface area contributed by atoms with Crippen molar-refractivity contribution in [2.75, 3.05) is 19.7 Å². The zero-order valence-corrected chi connectivity index (χ0v) is 12.7. The van der Waals surface area contributed by atoms with E-state index in [9.17, 15) is 4.79 Å². The van der Waals surface area contributed by atoms with Crippen LogP contribution in [-0.4, -0.2) is 52.0 Å². The predicted octanol–water partition coefficient (Wildman–Crippen LogP) is 2.11. The van der Waals surface area contributed by atoms with Crippen molar-refractivity contribution in [3.8, 4) is 11.3 Å². The van der Waals surface area contributed by atoms with E-state index < -0.39 is 0 Å². The lowest BCUT2D eigenvalue weighted by Crippen LogP contribution is -2.37. The minimum absolute atomic E-state index is 0.0865. The zero-order valence-electron chi connectivity index (χ0n) is 12.7. The lowest BCUT2D eigenvalue weighted by atomic mass is 10.1. The van der Waals surface area contributed by atoms with Crippen molar-refractivity contribution in [1.82, 2.24) is 20.3 Å². The van der Waals surface area contributed by atoms with E-state index in [4.69, 9.17) is 4.74 Å². The molecule has 1 unspecified atom stereocenters. The first-order valence-corrected chi connectivity index (χ1v) is 7.66. The number of carbonyl (C=O) groups is 1. The Morgan fingerprint density at radius 3 is 2.95 bits per heavy atom. The van der Waals surface area contributed by atoms with E-state index in [-0.39, 0.29) is 12.0 Å². The second-order valence-corrected chi connectivity index (χ2v) is 5.39. The average Bonchev–Trinajstić information content (AvgIpc) is 2.93. The van der Waals surface area contributed by atoms with Crippen LogP contribution in [-0.2, 0) is 4.74 Å². The van der Waals surface area contributed by atoms with Crippen LogP contribution < -0.4 is 0 Å². The maximum Gasteiger partial charge on any atom is 0.276 e. The summed E-state index contributed by atoms with van der Waals surface area (Å²) in [6.45, 7) is 4.07. The summed E-state index contributed by atoms with van der Waals surface area (Å²) in [5.74, 6) is -0.0865. The molecule has 1 atom stereocenters. The fourth-order valence-electron chi connectivity index (χ4n) is 2.65. The van der Waals surface area contributed by atoms with Gasteiger partial charge in [0.05, 0.1) is 6.10 Å². The molecule has 0 aliphatic carbocycles. The maximum atomic E-state index is 12.8. The van der Waals surface area contributed by atoms with Gasteiger partial charge in [0.2, 0.25) is 0 Å². The normalized spacial score (nSPS) is 19.0. The summed E-state index contributed by atoms with van der Waals surface area (Å²) < 4.78 is 5.73. The van der Waals surface area contributed by atoms with Gasteiger partial charge in [-0.1, -0.05) is 37.3 Å². The van der Waals surface area contributed by atoms with E-state index in [0.29, 0.717) is 31.1 Å². The van der Waals surface area contributed by atoms with E-state index >= 15 is 0 Å². The molecule has 0 saturated carbocycles. The largest absolute Gasteiger partial charge is 0.376 e. The molecule has 6 nitrogen and oxygen atoms in total. The van der Waals surface area contributed by atoms with Crippen molar-refractivity contribution >= 4 is 5.91 Å². The molecule has 6 heteroatoms. The Bertz CT molecular complexity index is 626. The number of aromatic nitrogens is 3. The number of nitrogens with one attached hydrogen (secondary N) is 1. The highest BCUT2D eigenvalue weighted by molar-refractivity contribution is 5.97. The lowest BCUT2D eigenvalue weighted by Gasteiger charge is -2.22. The van der Waals surface area contributed by atoms with Crippen LogP contribution in [0.5, 0.6) is 0 Å². The Morgan fingerprint density at radius 1 is 1.36 bits per heavy atom. The molecule has 2 aromatic rings. The fourth-order valence-corrected chi connectivity index (χ4v) is 2.65. The van der Waals surface area contributed by atoms with E-state index in [0.717, 1.165) is 18.4 Å². The molecule has 22 heavy (non-hydrogen) atoms. The number of nitrogens with zero attached hydrogens (tertiary/aromatic N) is 3. The molecule has 116 valence electrons. The minimum atomic E-state index is -0.0865. The number of amides is 1. The molecule has 1 aliphatic heterocycles. The Morgan fingerprint density at radius 2 is 2.18 bits per heavy atom. The van der Waals surface area contributed by atoms with Crippen molar-refractivity contribution in [3.05, 3.63) is 36.0 Å². The van der Waals surface area contributed by atoms with Crippen LogP contribution in [0.2, 0.25) is 0 Å². The average molecular weight is 300 g/mol. The minimum Gasteiger partial charge on any atom is -0.376 e. The summed E-state index contributed by atoms with van der Waals surface area (Å²) in [6.07, 6.45) is 1.84. The number of hydrogen-bond acceptors (Lipinski definition) is 4. The fraction of sp³-hybridized carbons (Fsp3) is 0.438. The number of aromatic amines is 1. The van der Waals surface area contributed by atoms with Gasteiger partial charge in [-0.3, -0.25) is 4.79 Å². The first-order valence-electron chi connectivity index (χ1n) is 7.66. The van der Waals surface area contributed by atoms with Gasteiger partial charge >= 0.3 is 0 Å². The molecule has 1 saturated heterocycles. The maximum absolute atomic E-state index is 12.8. The molecule has 1 N–H and O–H groups in total. The van der Waals surface area contributed by atoms with Gasteiger partial charge in [0.25, 0.3) is 5.91 Å². The van der Waals surface area contributed by atoms with Gasteiger partial charge in [-0.05, 0) is 12.8 Å². The molecule has 1 fully saturated rings. The van der Waals surface area contributed by atoms with Gasteiger partial charge in [0, 0.05) is 25.3 Å². The molecule has 0 bridgehead atoms. The highest BCUT2D eigenvalue weighted by atomic mass is 16.5. The number of H-pyrrole nitrogens is 1. The van der Waals surface area contributed by atoms with Crippen molar-refractivity contribution in [1.29, 1.82) is 0 Å². The van der Waals surface area contributed by atoms with Crippen molar-refractivity contribution in [3.63, 3.8) is 0 Å². The molecule has 1 amide bonds. The zero-order chi connectivity index (χ0) is 15.4. The highest BCUT2D eigenvalue weighted by Gasteiger charge is 2.26. The molecule has 1 aromatic carbocycles. The number of hydrogen-bond donors (Lipinski definition) is 1. The topological polar surface area (TPSA) is 71.1 Å². The molecule has 1 aliphatic rings. The van der Waals surface area contributed by atoms with Crippen LogP contribution in [0.25, 0.3) is 11.3 Å². The van der Waals surface area contributed by atoms with E-state index in [1.54, 1.807) is 0 Å². The van der Waals surface area contributed by atoms with Gasteiger partial charge < -0.3 is 9.64 Å². The summed E-state index contributed by atoms with van der Waals surface area (Å²) in [4.78, 5) is 14.6. The third-order valence-corrected chi connectivity index (χ3v) is 3.89. The predicted molar refractivity (Wildman–Crippen MR) is 82.4 cm³/mol. The first kappa shape index (κ1) is 14.7. The molecule has 1 aromatic heterocycles. The summed E-state index contributed by atoms with van der Waals surface area (Å²) in [5, 5.41) is 10.8. The Hall–Kier alpha value is -2.21. The molecule has 0 spiro atoms. The summed E-state index contributed by atoms with van der Waals surface area (Å²) >= 11 is 0. The van der Waals surface area contributed by atoms with Gasteiger partial charge in [0.1, 0.15) is 5.69 Å². The third-order valence-electron chi connectivity index (χ3n) is 3.89. The van der Waals surface area contributed by atoms with Gasteiger partial charge in [-0.2, -0.15) is 15.4 Å². The molecular weight excluding hydrogens is 280 g/mol. The monoisotopic (exact) mass is 300 g/mol. The standard InChI is InChI=1S/C16H20N4O2/c1-2-13-11-20(9-6-10-22-13)16(21)15-14(17-19-18-15)12-7-4-3-5-8-12/h3-5,7-8,13H,2,6,9-11H2,1H3,(H,17,18,19). The molecule has 3 rings (SSSR count). The summed E-state index contributed by atoms with van der Waals surface area (Å²) in [5.41, 5.74) is 1.87. The van der Waals surface area contributed by atoms with Crippen molar-refractivity contribution in [2.24, 2.45) is 0 Å². The van der Waals surface area contributed by atoms with E-state index in [2.05, 4.69) is 22.3 Å².